The van der Waals surface area contributed by atoms with Crippen molar-refractivity contribution in [3.8, 4) is 11.4 Å². The summed E-state index contributed by atoms with van der Waals surface area (Å²) in [6.07, 6.45) is 0. The molecule has 2 aromatic heterocycles. The molecule has 1 aromatic carbocycles. The third-order valence-electron chi connectivity index (χ3n) is 3.24. The second-order valence-electron chi connectivity index (χ2n) is 5.01. The molecule has 0 aliphatic carbocycles. The molecule has 0 aliphatic heterocycles. The molecule has 0 fully saturated rings. The van der Waals surface area contributed by atoms with Gasteiger partial charge in [-0.25, -0.2) is 9.97 Å². The lowest BCUT2D eigenvalue weighted by Crippen LogP contribution is -1.93. The van der Waals surface area contributed by atoms with Crippen LogP contribution in [0.15, 0.2) is 24.3 Å². The highest BCUT2D eigenvalue weighted by atomic mass is 35.5. The van der Waals surface area contributed by atoms with Crippen molar-refractivity contribution in [2.75, 3.05) is 0 Å². The van der Waals surface area contributed by atoms with E-state index in [1.807, 2.05) is 12.1 Å². The zero-order valence-corrected chi connectivity index (χ0v) is 14.4. The van der Waals surface area contributed by atoms with Crippen molar-refractivity contribution in [3.63, 3.8) is 0 Å². The van der Waals surface area contributed by atoms with Crippen molar-refractivity contribution in [1.29, 1.82) is 0 Å². The van der Waals surface area contributed by atoms with E-state index in [9.17, 15) is 0 Å². The summed E-state index contributed by atoms with van der Waals surface area (Å²) in [4.78, 5) is 8.91. The van der Waals surface area contributed by atoms with Crippen LogP contribution in [0.4, 0.5) is 0 Å². The number of hydrogen-bond acceptors (Lipinski definition) is 3. The first-order valence-electron chi connectivity index (χ1n) is 6.38. The molecule has 0 amide bonds. The molecule has 0 unspecified atom stereocenters. The molecule has 0 atom stereocenters. The Morgan fingerprint density at radius 3 is 2.43 bits per heavy atom. The van der Waals surface area contributed by atoms with Gasteiger partial charge in [0.1, 0.15) is 9.49 Å². The smallest absolute Gasteiger partial charge is 0.163 e. The molecule has 0 saturated heterocycles. The van der Waals surface area contributed by atoms with Crippen molar-refractivity contribution in [1.82, 2.24) is 9.97 Å². The van der Waals surface area contributed by atoms with E-state index < -0.39 is 0 Å². The second-order valence-corrected chi connectivity index (χ2v) is 7.65. The molecule has 3 aromatic rings. The van der Waals surface area contributed by atoms with Gasteiger partial charge in [0, 0.05) is 5.39 Å². The highest BCUT2D eigenvalue weighted by molar-refractivity contribution is 7.20. The Morgan fingerprint density at radius 1 is 1.05 bits per heavy atom. The van der Waals surface area contributed by atoms with Crippen LogP contribution < -0.4 is 0 Å². The first kappa shape index (κ1) is 15.0. The van der Waals surface area contributed by atoms with Gasteiger partial charge in [-0.2, -0.15) is 0 Å². The fraction of sp³-hybridized carbons (Fsp3) is 0.200. The fourth-order valence-corrected chi connectivity index (χ4v) is 3.77. The average molecular weight is 358 g/mol. The van der Waals surface area contributed by atoms with Crippen molar-refractivity contribution < 1.29 is 0 Å². The van der Waals surface area contributed by atoms with Gasteiger partial charge in [-0.15, -0.1) is 11.3 Å². The van der Waals surface area contributed by atoms with E-state index >= 15 is 0 Å². The molecule has 0 bridgehead atoms. The monoisotopic (exact) mass is 356 g/mol. The Bertz CT molecular complexity index is 827. The van der Waals surface area contributed by atoms with Crippen LogP contribution in [0.1, 0.15) is 25.3 Å². The number of aromatic nitrogens is 2. The van der Waals surface area contributed by atoms with Crippen LogP contribution in [0.2, 0.25) is 13.8 Å². The van der Waals surface area contributed by atoms with Crippen LogP contribution in [0, 0.1) is 0 Å². The van der Waals surface area contributed by atoms with Gasteiger partial charge in [0.05, 0.1) is 15.4 Å². The molecule has 6 heteroatoms. The van der Waals surface area contributed by atoms with Crippen LogP contribution in [0.25, 0.3) is 22.3 Å². The summed E-state index contributed by atoms with van der Waals surface area (Å²) in [6.45, 7) is 4.27. The van der Waals surface area contributed by atoms with Gasteiger partial charge >= 0.3 is 0 Å². The van der Waals surface area contributed by atoms with Crippen LogP contribution in [0.3, 0.4) is 0 Å². The van der Waals surface area contributed by atoms with Crippen LogP contribution in [-0.2, 0) is 0 Å². The van der Waals surface area contributed by atoms with E-state index in [0.29, 0.717) is 31.1 Å². The molecule has 0 radical (unpaired) electrons. The Balaban J connectivity index is 2.20. The quantitative estimate of drug-likeness (QED) is 0.493. The summed E-state index contributed by atoms with van der Waals surface area (Å²) >= 11 is 19.7. The maximum Gasteiger partial charge on any atom is 0.163 e. The maximum atomic E-state index is 6.32. The van der Waals surface area contributed by atoms with E-state index in [4.69, 9.17) is 34.8 Å². The minimum absolute atomic E-state index is 0.426. The predicted molar refractivity (Wildman–Crippen MR) is 92.0 cm³/mol. The SMILES string of the molecule is CC(C)c1ccc2nc(-c3cc(Cl)sc3Cl)nc(Cl)c2c1. The number of halogens is 3. The topological polar surface area (TPSA) is 25.8 Å². The zero-order chi connectivity index (χ0) is 15.1. The lowest BCUT2D eigenvalue weighted by Gasteiger charge is -2.08. The summed E-state index contributed by atoms with van der Waals surface area (Å²) in [5.74, 6) is 0.924. The summed E-state index contributed by atoms with van der Waals surface area (Å²) < 4.78 is 1.17. The summed E-state index contributed by atoms with van der Waals surface area (Å²) in [5, 5.41) is 1.28. The molecule has 2 heterocycles. The van der Waals surface area contributed by atoms with E-state index in [-0.39, 0.29) is 0 Å². The number of benzene rings is 1. The summed E-state index contributed by atoms with van der Waals surface area (Å²) in [7, 11) is 0. The maximum absolute atomic E-state index is 6.32. The minimum atomic E-state index is 0.426. The Kier molecular flexibility index (Phi) is 4.10. The largest absolute Gasteiger partial charge is 0.228 e. The number of nitrogens with zero attached hydrogens (tertiary/aromatic N) is 2. The molecule has 0 spiro atoms. The van der Waals surface area contributed by atoms with Gasteiger partial charge < -0.3 is 0 Å². The van der Waals surface area contributed by atoms with Crippen molar-refractivity contribution in [3.05, 3.63) is 43.7 Å². The van der Waals surface area contributed by atoms with Gasteiger partial charge in [-0.3, -0.25) is 0 Å². The average Bonchev–Trinajstić information content (AvgIpc) is 2.77. The van der Waals surface area contributed by atoms with Crippen molar-refractivity contribution in [2.45, 2.75) is 19.8 Å². The third-order valence-corrected chi connectivity index (χ3v) is 5.01. The molecule has 3 rings (SSSR count). The Morgan fingerprint density at radius 2 is 1.81 bits per heavy atom. The van der Waals surface area contributed by atoms with Crippen LogP contribution in [-0.4, -0.2) is 9.97 Å². The van der Waals surface area contributed by atoms with E-state index in [0.717, 1.165) is 10.9 Å². The predicted octanol–water partition coefficient (Wildman–Crippen LogP) is 6.44. The highest BCUT2D eigenvalue weighted by Gasteiger charge is 2.14. The Labute approximate surface area is 141 Å². The lowest BCUT2D eigenvalue weighted by molar-refractivity contribution is 0.868. The third kappa shape index (κ3) is 2.88. The number of rotatable bonds is 2. The molecule has 0 saturated carbocycles. The standard InChI is InChI=1S/C15H11Cl3N2S/c1-7(2)8-3-4-11-9(5-8)13(17)20-15(19-11)10-6-12(16)21-14(10)18/h3-7H,1-2H3. The van der Waals surface area contributed by atoms with Crippen LogP contribution in [0.5, 0.6) is 0 Å². The molecule has 108 valence electrons. The van der Waals surface area contributed by atoms with Gasteiger partial charge in [0.2, 0.25) is 0 Å². The zero-order valence-electron chi connectivity index (χ0n) is 11.3. The molecule has 2 nitrogen and oxygen atoms in total. The van der Waals surface area contributed by atoms with Crippen molar-refractivity contribution >= 4 is 57.0 Å². The second kappa shape index (κ2) is 5.73. The summed E-state index contributed by atoms with van der Waals surface area (Å²) in [5.41, 5.74) is 2.72. The fourth-order valence-electron chi connectivity index (χ4n) is 2.08. The van der Waals surface area contributed by atoms with E-state index in [2.05, 4.69) is 29.9 Å². The molecular formula is C15H11Cl3N2S. The first-order chi connectivity index (χ1) is 9.95. The van der Waals surface area contributed by atoms with Gasteiger partial charge in [0.25, 0.3) is 0 Å². The number of fused-ring (bicyclic) bond motifs is 1. The number of thiophene rings is 1. The number of hydrogen-bond donors (Lipinski definition) is 0. The Hall–Kier alpha value is -0.870. The highest BCUT2D eigenvalue weighted by Crippen LogP contribution is 2.38. The minimum Gasteiger partial charge on any atom is -0.228 e. The molecule has 0 aliphatic rings. The van der Waals surface area contributed by atoms with Crippen molar-refractivity contribution in [2.24, 2.45) is 0 Å². The van der Waals surface area contributed by atoms with E-state index in [1.54, 1.807) is 6.07 Å². The lowest BCUT2D eigenvalue weighted by atomic mass is 10.0. The first-order valence-corrected chi connectivity index (χ1v) is 8.33. The van der Waals surface area contributed by atoms with Crippen LogP contribution >= 0.6 is 46.1 Å². The van der Waals surface area contributed by atoms with Gasteiger partial charge in [-0.05, 0) is 29.7 Å². The van der Waals surface area contributed by atoms with Gasteiger partial charge in [0.15, 0.2) is 5.82 Å². The van der Waals surface area contributed by atoms with E-state index in [1.165, 1.54) is 16.9 Å². The molecular weight excluding hydrogens is 347 g/mol. The normalized spacial score (nSPS) is 11.5. The summed E-state index contributed by atoms with van der Waals surface area (Å²) in [6, 6.07) is 7.81. The molecule has 21 heavy (non-hydrogen) atoms. The molecule has 0 N–H and O–H groups in total. The van der Waals surface area contributed by atoms with Gasteiger partial charge in [-0.1, -0.05) is 54.7 Å².